The van der Waals surface area contributed by atoms with Gasteiger partial charge in [-0.05, 0) is 6.42 Å². The molecule has 0 fully saturated rings. The lowest BCUT2D eigenvalue weighted by Crippen LogP contribution is -2.21. The molecule has 0 aromatic heterocycles. The van der Waals surface area contributed by atoms with Crippen LogP contribution in [0.5, 0.6) is 0 Å². The maximum atomic E-state index is 9.63. The molecule has 3 nitrogen and oxygen atoms in total. The van der Waals surface area contributed by atoms with Crippen molar-refractivity contribution in [2.45, 2.75) is 6.92 Å². The molecule has 0 bridgehead atoms. The Morgan fingerprint density at radius 3 is 2.71 bits per heavy atom. The van der Waals surface area contributed by atoms with E-state index in [4.69, 9.17) is 5.11 Å². The summed E-state index contributed by atoms with van der Waals surface area (Å²) < 4.78 is 0. The summed E-state index contributed by atoms with van der Waals surface area (Å²) in [6.07, 6.45) is 0.756. The van der Waals surface area contributed by atoms with Gasteiger partial charge in [0.05, 0.1) is 0 Å². The van der Waals surface area contributed by atoms with Crippen LogP contribution in [0.3, 0.4) is 0 Å². The number of amides is 1. The predicted octanol–water partition coefficient (Wildman–Crippen LogP) is 0.478. The molecular weight excluding hydrogens is 94.0 g/mol. The van der Waals surface area contributed by atoms with Crippen LogP contribution in [0.1, 0.15) is 6.92 Å². The van der Waals surface area contributed by atoms with E-state index in [0.29, 0.717) is 6.54 Å². The second-order valence-electron chi connectivity index (χ2n) is 1.09. The van der Waals surface area contributed by atoms with E-state index in [1.54, 1.807) is 13.3 Å². The highest BCUT2D eigenvalue weighted by Gasteiger charge is 1.86. The number of carbonyl (C=O) groups is 1. The van der Waals surface area contributed by atoms with Crippen molar-refractivity contribution in [3.8, 4) is 0 Å². The Morgan fingerprint density at radius 1 is 2.00 bits per heavy atom. The summed E-state index contributed by atoms with van der Waals surface area (Å²) in [6, 6.07) is 0. The molecule has 7 heavy (non-hydrogen) atoms. The molecule has 41 valence electrons. The molecule has 0 aliphatic rings. The fourth-order valence-electron chi connectivity index (χ4n) is 0.189. The zero-order valence-electron chi connectivity index (χ0n) is 4.14. The fourth-order valence-corrected chi connectivity index (χ4v) is 0.189. The van der Waals surface area contributed by atoms with Crippen LogP contribution in [0.2, 0.25) is 0 Å². The highest BCUT2D eigenvalue weighted by Crippen LogP contribution is 1.65. The van der Waals surface area contributed by atoms with Gasteiger partial charge in [0.15, 0.2) is 0 Å². The minimum atomic E-state index is -0.974. The standard InChI is InChI=1S/C4H8NO2/c1-2-3-5-4(6)7/h2,5H,3H2,1H3,(H,6,7). The summed E-state index contributed by atoms with van der Waals surface area (Å²) in [5.41, 5.74) is 0. The Bertz CT molecular complexity index is 62.7. The number of hydrogen-bond donors (Lipinski definition) is 2. The van der Waals surface area contributed by atoms with Crippen molar-refractivity contribution >= 4 is 6.09 Å². The highest BCUT2D eigenvalue weighted by molar-refractivity contribution is 5.64. The first-order chi connectivity index (χ1) is 3.27. The molecule has 3 heteroatoms. The second-order valence-corrected chi connectivity index (χ2v) is 1.09. The SMILES string of the molecule is C[CH]CNC(=O)O. The van der Waals surface area contributed by atoms with Gasteiger partial charge in [0, 0.05) is 6.54 Å². The molecule has 1 amide bonds. The fraction of sp³-hybridized carbons (Fsp3) is 0.500. The van der Waals surface area contributed by atoms with Crippen molar-refractivity contribution in [2.75, 3.05) is 6.54 Å². The third kappa shape index (κ3) is 5.27. The number of nitrogens with one attached hydrogen (secondary N) is 1. The van der Waals surface area contributed by atoms with Crippen LogP contribution in [0.15, 0.2) is 0 Å². The third-order valence-electron chi connectivity index (χ3n) is 0.457. The molecular formula is C4H8NO2. The third-order valence-corrected chi connectivity index (χ3v) is 0.457. The highest BCUT2D eigenvalue weighted by atomic mass is 16.4. The zero-order valence-corrected chi connectivity index (χ0v) is 4.14. The summed E-state index contributed by atoms with van der Waals surface area (Å²) in [5.74, 6) is 0. The van der Waals surface area contributed by atoms with E-state index in [1.807, 2.05) is 0 Å². The number of hydrogen-bond acceptors (Lipinski definition) is 1. The topological polar surface area (TPSA) is 49.3 Å². The minimum absolute atomic E-state index is 0.426. The van der Waals surface area contributed by atoms with Gasteiger partial charge in [-0.15, -0.1) is 0 Å². The quantitative estimate of drug-likeness (QED) is 0.532. The van der Waals surface area contributed by atoms with E-state index < -0.39 is 6.09 Å². The van der Waals surface area contributed by atoms with Gasteiger partial charge in [-0.2, -0.15) is 0 Å². The lowest BCUT2D eigenvalue weighted by Gasteiger charge is -1.91. The molecule has 0 saturated carbocycles. The largest absolute Gasteiger partial charge is 0.465 e. The summed E-state index contributed by atoms with van der Waals surface area (Å²) in [5, 5.41) is 10.1. The Balaban J connectivity index is 2.82. The van der Waals surface area contributed by atoms with Crippen LogP contribution in [0, 0.1) is 6.42 Å². The molecule has 0 aliphatic carbocycles. The molecule has 2 N–H and O–H groups in total. The van der Waals surface area contributed by atoms with Crippen LogP contribution in [-0.4, -0.2) is 17.7 Å². The van der Waals surface area contributed by atoms with E-state index >= 15 is 0 Å². The minimum Gasteiger partial charge on any atom is -0.465 e. The Kier molecular flexibility index (Phi) is 3.10. The molecule has 0 spiro atoms. The molecule has 0 heterocycles. The van der Waals surface area contributed by atoms with Gasteiger partial charge in [-0.25, -0.2) is 4.79 Å². The average molecular weight is 102 g/mol. The molecule has 1 radical (unpaired) electrons. The summed E-state index contributed by atoms with van der Waals surface area (Å²) in [4.78, 5) is 9.63. The van der Waals surface area contributed by atoms with Crippen molar-refractivity contribution in [3.63, 3.8) is 0 Å². The maximum Gasteiger partial charge on any atom is 0.404 e. The van der Waals surface area contributed by atoms with E-state index in [0.717, 1.165) is 0 Å². The van der Waals surface area contributed by atoms with E-state index in [2.05, 4.69) is 5.32 Å². The van der Waals surface area contributed by atoms with Gasteiger partial charge in [0.2, 0.25) is 0 Å². The monoisotopic (exact) mass is 102 g/mol. The van der Waals surface area contributed by atoms with Crippen molar-refractivity contribution in [1.82, 2.24) is 5.32 Å². The summed E-state index contributed by atoms with van der Waals surface area (Å²) in [7, 11) is 0. The van der Waals surface area contributed by atoms with E-state index in [1.165, 1.54) is 0 Å². The Hall–Kier alpha value is -0.730. The van der Waals surface area contributed by atoms with E-state index in [9.17, 15) is 4.79 Å². The number of carboxylic acid groups (broad SMARTS) is 1. The predicted molar refractivity (Wildman–Crippen MR) is 26.0 cm³/mol. The van der Waals surface area contributed by atoms with Crippen molar-refractivity contribution in [3.05, 3.63) is 6.42 Å². The average Bonchev–Trinajstić information content (AvgIpc) is 1.61. The van der Waals surface area contributed by atoms with Crippen LogP contribution < -0.4 is 5.32 Å². The van der Waals surface area contributed by atoms with Gasteiger partial charge in [-0.1, -0.05) is 6.92 Å². The summed E-state index contributed by atoms with van der Waals surface area (Å²) in [6.45, 7) is 2.21. The van der Waals surface area contributed by atoms with Gasteiger partial charge < -0.3 is 10.4 Å². The van der Waals surface area contributed by atoms with Crippen LogP contribution >= 0.6 is 0 Å². The van der Waals surface area contributed by atoms with Crippen LogP contribution in [0.25, 0.3) is 0 Å². The smallest absolute Gasteiger partial charge is 0.404 e. The summed E-state index contributed by atoms with van der Waals surface area (Å²) >= 11 is 0. The van der Waals surface area contributed by atoms with Gasteiger partial charge >= 0.3 is 6.09 Å². The Labute approximate surface area is 42.3 Å². The number of rotatable bonds is 2. The molecule has 0 atom stereocenters. The van der Waals surface area contributed by atoms with Gasteiger partial charge in [0.1, 0.15) is 0 Å². The molecule has 0 aromatic rings. The first-order valence-corrected chi connectivity index (χ1v) is 2.02. The first kappa shape index (κ1) is 6.27. The molecule has 0 rings (SSSR count). The van der Waals surface area contributed by atoms with Crippen molar-refractivity contribution in [1.29, 1.82) is 0 Å². The Morgan fingerprint density at radius 2 is 2.57 bits per heavy atom. The maximum absolute atomic E-state index is 9.63. The van der Waals surface area contributed by atoms with Crippen molar-refractivity contribution < 1.29 is 9.90 Å². The molecule has 0 saturated heterocycles. The van der Waals surface area contributed by atoms with E-state index in [-0.39, 0.29) is 0 Å². The van der Waals surface area contributed by atoms with Gasteiger partial charge in [-0.3, -0.25) is 0 Å². The van der Waals surface area contributed by atoms with Crippen LogP contribution in [0.4, 0.5) is 4.79 Å². The normalized spacial score (nSPS) is 8.14. The molecule has 0 unspecified atom stereocenters. The second kappa shape index (κ2) is 3.46. The lowest BCUT2D eigenvalue weighted by molar-refractivity contribution is 0.195. The molecule has 0 aromatic carbocycles. The zero-order chi connectivity index (χ0) is 5.70. The first-order valence-electron chi connectivity index (χ1n) is 2.02. The molecule has 0 aliphatic heterocycles. The lowest BCUT2D eigenvalue weighted by atomic mass is 10.5. The van der Waals surface area contributed by atoms with Crippen LogP contribution in [-0.2, 0) is 0 Å². The van der Waals surface area contributed by atoms with Crippen molar-refractivity contribution in [2.24, 2.45) is 0 Å². The van der Waals surface area contributed by atoms with Gasteiger partial charge in [0.25, 0.3) is 0 Å².